The Balaban J connectivity index is 3.92. The van der Waals surface area contributed by atoms with E-state index in [0.717, 1.165) is 19.3 Å². The van der Waals surface area contributed by atoms with Gasteiger partial charge in [-0.2, -0.15) is 0 Å². The summed E-state index contributed by atoms with van der Waals surface area (Å²) in [5, 5.41) is 2.94. The summed E-state index contributed by atoms with van der Waals surface area (Å²) in [4.78, 5) is 23.1. The minimum Gasteiger partial charge on any atom is -0.460 e. The first-order valence-electron chi connectivity index (χ1n) is 6.79. The van der Waals surface area contributed by atoms with Gasteiger partial charge in [-0.25, -0.2) is 0 Å². The lowest BCUT2D eigenvalue weighted by molar-refractivity contribution is -0.155. The van der Waals surface area contributed by atoms with Crippen LogP contribution in [-0.4, -0.2) is 23.5 Å². The van der Waals surface area contributed by atoms with Gasteiger partial charge in [0.15, 0.2) is 0 Å². The van der Waals surface area contributed by atoms with E-state index in [4.69, 9.17) is 4.74 Å². The number of rotatable bonds is 7. The van der Waals surface area contributed by atoms with Gasteiger partial charge in [0.05, 0.1) is 6.42 Å². The largest absolute Gasteiger partial charge is 0.460 e. The summed E-state index contributed by atoms with van der Waals surface area (Å²) in [5.41, 5.74) is -0.484. The van der Waals surface area contributed by atoms with Gasteiger partial charge in [-0.15, -0.1) is 0 Å². The van der Waals surface area contributed by atoms with E-state index in [1.807, 2.05) is 20.8 Å². The Bertz CT molecular complexity index is 269. The second kappa shape index (κ2) is 8.11. The van der Waals surface area contributed by atoms with E-state index < -0.39 is 5.60 Å². The number of carbonyl (C=O) groups excluding carboxylic acids is 2. The summed E-state index contributed by atoms with van der Waals surface area (Å²) >= 11 is 0. The molecule has 0 aliphatic carbocycles. The summed E-state index contributed by atoms with van der Waals surface area (Å²) in [6.45, 7) is 9.60. The highest BCUT2D eigenvalue weighted by Gasteiger charge is 2.17. The molecule has 4 nitrogen and oxygen atoms in total. The molecule has 106 valence electrons. The molecule has 0 aromatic rings. The van der Waals surface area contributed by atoms with Crippen molar-refractivity contribution in [2.75, 3.05) is 0 Å². The number of carbonyl (C=O) groups is 2. The molecule has 0 aliphatic rings. The van der Waals surface area contributed by atoms with Crippen LogP contribution in [0.4, 0.5) is 0 Å². The fourth-order valence-electron chi connectivity index (χ4n) is 1.63. The lowest BCUT2D eigenvalue weighted by Crippen LogP contribution is -2.34. The molecule has 18 heavy (non-hydrogen) atoms. The third-order valence-corrected chi connectivity index (χ3v) is 2.47. The molecule has 0 heterocycles. The quantitative estimate of drug-likeness (QED) is 0.713. The van der Waals surface area contributed by atoms with Crippen molar-refractivity contribution in [3.8, 4) is 0 Å². The van der Waals surface area contributed by atoms with Crippen molar-refractivity contribution < 1.29 is 14.3 Å². The van der Waals surface area contributed by atoms with Crippen LogP contribution in [0.15, 0.2) is 0 Å². The van der Waals surface area contributed by atoms with Crippen molar-refractivity contribution >= 4 is 11.9 Å². The van der Waals surface area contributed by atoms with Gasteiger partial charge in [-0.3, -0.25) is 9.59 Å². The second-order valence-electron chi connectivity index (χ2n) is 5.55. The van der Waals surface area contributed by atoms with E-state index in [1.165, 1.54) is 0 Å². The predicted octanol–water partition coefficient (Wildman–Crippen LogP) is 2.80. The molecule has 1 amide bonds. The van der Waals surface area contributed by atoms with Crippen LogP contribution in [0.5, 0.6) is 0 Å². The predicted molar refractivity (Wildman–Crippen MR) is 72.2 cm³/mol. The minimum atomic E-state index is -0.484. The van der Waals surface area contributed by atoms with Crippen molar-refractivity contribution in [1.82, 2.24) is 5.32 Å². The SMILES string of the molecule is CCCC(CC)NC(=O)CCC(=O)OC(C)(C)C. The van der Waals surface area contributed by atoms with E-state index in [-0.39, 0.29) is 30.8 Å². The Morgan fingerprint density at radius 2 is 1.78 bits per heavy atom. The maximum absolute atomic E-state index is 11.6. The zero-order valence-corrected chi connectivity index (χ0v) is 12.3. The molecule has 0 rings (SSSR count). The number of hydrogen-bond donors (Lipinski definition) is 1. The van der Waals surface area contributed by atoms with E-state index in [0.29, 0.717) is 0 Å². The highest BCUT2D eigenvalue weighted by atomic mass is 16.6. The highest BCUT2D eigenvalue weighted by molar-refractivity contribution is 5.81. The summed E-state index contributed by atoms with van der Waals surface area (Å²) in [7, 11) is 0. The van der Waals surface area contributed by atoms with Crippen LogP contribution >= 0.6 is 0 Å². The Hall–Kier alpha value is -1.06. The van der Waals surface area contributed by atoms with E-state index in [2.05, 4.69) is 19.2 Å². The molecule has 0 aromatic heterocycles. The van der Waals surface area contributed by atoms with Crippen molar-refractivity contribution in [2.45, 2.75) is 78.4 Å². The van der Waals surface area contributed by atoms with Crippen LogP contribution < -0.4 is 5.32 Å². The molecule has 1 unspecified atom stereocenters. The van der Waals surface area contributed by atoms with Crippen molar-refractivity contribution in [3.05, 3.63) is 0 Å². The second-order valence-corrected chi connectivity index (χ2v) is 5.55. The molecule has 0 saturated heterocycles. The topological polar surface area (TPSA) is 55.4 Å². The first-order valence-corrected chi connectivity index (χ1v) is 6.79. The summed E-state index contributed by atoms with van der Waals surface area (Å²) in [6, 6.07) is 0.223. The van der Waals surface area contributed by atoms with Crippen molar-refractivity contribution in [3.63, 3.8) is 0 Å². The zero-order valence-electron chi connectivity index (χ0n) is 12.3. The molecule has 0 radical (unpaired) electrons. The Labute approximate surface area is 110 Å². The minimum absolute atomic E-state index is 0.0684. The molecule has 1 atom stereocenters. The molecule has 0 aliphatic heterocycles. The standard InChI is InChI=1S/C14H27NO3/c1-6-8-11(7-2)15-12(16)9-10-13(17)18-14(3,4)5/h11H,6-10H2,1-5H3,(H,15,16). The van der Waals surface area contributed by atoms with Crippen molar-refractivity contribution in [1.29, 1.82) is 0 Å². The van der Waals surface area contributed by atoms with Crippen molar-refractivity contribution in [2.24, 2.45) is 0 Å². The fraction of sp³-hybridized carbons (Fsp3) is 0.857. The molecule has 0 saturated carbocycles. The molecule has 0 bridgehead atoms. The van der Waals surface area contributed by atoms with E-state index in [1.54, 1.807) is 0 Å². The molecule has 0 aromatic carbocycles. The van der Waals surface area contributed by atoms with Gasteiger partial charge in [0.2, 0.25) is 5.91 Å². The fourth-order valence-corrected chi connectivity index (χ4v) is 1.63. The average molecular weight is 257 g/mol. The summed E-state index contributed by atoms with van der Waals surface area (Å²) in [5.74, 6) is -0.387. The molecular weight excluding hydrogens is 230 g/mol. The molecule has 0 fully saturated rings. The van der Waals surface area contributed by atoms with E-state index >= 15 is 0 Å². The number of ether oxygens (including phenoxy) is 1. The summed E-state index contributed by atoms with van der Waals surface area (Å²) in [6.07, 6.45) is 3.30. The van der Waals surface area contributed by atoms with Gasteiger partial charge >= 0.3 is 5.97 Å². The smallest absolute Gasteiger partial charge is 0.306 e. The monoisotopic (exact) mass is 257 g/mol. The number of nitrogens with one attached hydrogen (secondary N) is 1. The van der Waals surface area contributed by atoms with Crippen LogP contribution in [0.1, 0.15) is 66.7 Å². The van der Waals surface area contributed by atoms with Gasteiger partial charge in [0.1, 0.15) is 5.60 Å². The number of amides is 1. The normalized spacial score (nSPS) is 12.9. The Morgan fingerprint density at radius 1 is 1.17 bits per heavy atom. The van der Waals surface area contributed by atoms with Gasteiger partial charge in [-0.05, 0) is 33.6 Å². The van der Waals surface area contributed by atoms with Gasteiger partial charge in [0, 0.05) is 12.5 Å². The average Bonchev–Trinajstić information content (AvgIpc) is 2.23. The molecule has 1 N–H and O–H groups in total. The maximum Gasteiger partial charge on any atom is 0.306 e. The van der Waals surface area contributed by atoms with Crippen LogP contribution in [-0.2, 0) is 14.3 Å². The number of esters is 1. The van der Waals surface area contributed by atoms with Crippen LogP contribution in [0.2, 0.25) is 0 Å². The van der Waals surface area contributed by atoms with Crippen LogP contribution in [0, 0.1) is 0 Å². The molecular formula is C14H27NO3. The van der Waals surface area contributed by atoms with E-state index in [9.17, 15) is 9.59 Å². The lowest BCUT2D eigenvalue weighted by Gasteiger charge is -2.20. The van der Waals surface area contributed by atoms with Crippen LogP contribution in [0.25, 0.3) is 0 Å². The number of hydrogen-bond acceptors (Lipinski definition) is 3. The van der Waals surface area contributed by atoms with Gasteiger partial charge in [-0.1, -0.05) is 20.3 Å². The Morgan fingerprint density at radius 3 is 2.22 bits per heavy atom. The Kier molecular flexibility index (Phi) is 7.64. The zero-order chi connectivity index (χ0) is 14.2. The first kappa shape index (κ1) is 16.9. The highest BCUT2D eigenvalue weighted by Crippen LogP contribution is 2.09. The maximum atomic E-state index is 11.6. The van der Waals surface area contributed by atoms with Gasteiger partial charge < -0.3 is 10.1 Å². The lowest BCUT2D eigenvalue weighted by atomic mass is 10.1. The first-order chi connectivity index (χ1) is 8.28. The summed E-state index contributed by atoms with van der Waals surface area (Å²) < 4.78 is 5.15. The molecule has 0 spiro atoms. The molecule has 4 heteroatoms. The third-order valence-electron chi connectivity index (χ3n) is 2.47. The van der Waals surface area contributed by atoms with Crippen LogP contribution in [0.3, 0.4) is 0 Å². The third kappa shape index (κ3) is 9.02. The van der Waals surface area contributed by atoms with Gasteiger partial charge in [0.25, 0.3) is 0 Å².